The van der Waals surface area contributed by atoms with Gasteiger partial charge in [-0.25, -0.2) is 8.42 Å². The standard InChI is InChI=1S/C11H20N2O2S2/c1-3-11(2)8-16-10(13-11)12-9-4-6-17(14,15)7-5-9/h9H,3-8H2,1-2H3,(H,12,13). The molecule has 17 heavy (non-hydrogen) atoms. The van der Waals surface area contributed by atoms with Crippen molar-refractivity contribution in [2.45, 2.75) is 44.7 Å². The van der Waals surface area contributed by atoms with Crippen LogP contribution in [0.2, 0.25) is 0 Å². The molecule has 0 saturated carbocycles. The van der Waals surface area contributed by atoms with Gasteiger partial charge in [0.25, 0.3) is 0 Å². The molecule has 1 N–H and O–H groups in total. The molecule has 4 nitrogen and oxygen atoms in total. The van der Waals surface area contributed by atoms with Crippen LogP contribution in [0.25, 0.3) is 0 Å². The van der Waals surface area contributed by atoms with Crippen molar-refractivity contribution in [2.24, 2.45) is 4.99 Å². The normalized spacial score (nSPS) is 36.0. The molecular formula is C11H20N2O2S2. The lowest BCUT2D eigenvalue weighted by atomic mass is 10.0. The molecule has 6 heteroatoms. The van der Waals surface area contributed by atoms with Crippen LogP contribution in [0.3, 0.4) is 0 Å². The van der Waals surface area contributed by atoms with Crippen LogP contribution >= 0.6 is 11.8 Å². The quantitative estimate of drug-likeness (QED) is 0.829. The zero-order valence-electron chi connectivity index (χ0n) is 10.4. The highest BCUT2D eigenvalue weighted by molar-refractivity contribution is 8.14. The molecule has 2 saturated heterocycles. The first-order chi connectivity index (χ1) is 7.92. The predicted molar refractivity (Wildman–Crippen MR) is 73.4 cm³/mol. The average Bonchev–Trinajstić information content (AvgIpc) is 2.65. The van der Waals surface area contributed by atoms with Gasteiger partial charge in [-0.15, -0.1) is 0 Å². The number of aliphatic imine (C=N–C) groups is 1. The molecule has 0 bridgehead atoms. The summed E-state index contributed by atoms with van der Waals surface area (Å²) in [6, 6.07) is 0.188. The Hall–Kier alpha value is -0.230. The summed E-state index contributed by atoms with van der Waals surface area (Å²) in [6.45, 7) is 4.37. The highest BCUT2D eigenvalue weighted by Crippen LogP contribution is 2.27. The third-order valence-corrected chi connectivity index (χ3v) is 6.52. The fourth-order valence-corrected chi connectivity index (χ4v) is 4.73. The first-order valence-corrected chi connectivity index (χ1v) is 8.92. The minimum Gasteiger partial charge on any atom is -0.359 e. The van der Waals surface area contributed by atoms with Gasteiger partial charge in [0, 0.05) is 11.3 Å². The van der Waals surface area contributed by atoms with E-state index in [1.807, 2.05) is 0 Å². The molecule has 2 rings (SSSR count). The summed E-state index contributed by atoms with van der Waals surface area (Å²) >= 11 is 1.76. The lowest BCUT2D eigenvalue weighted by Gasteiger charge is -2.22. The van der Waals surface area contributed by atoms with Gasteiger partial charge >= 0.3 is 0 Å². The van der Waals surface area contributed by atoms with Crippen LogP contribution in [0, 0.1) is 0 Å². The molecule has 0 aromatic heterocycles. The van der Waals surface area contributed by atoms with E-state index in [-0.39, 0.29) is 11.6 Å². The maximum atomic E-state index is 11.3. The molecule has 1 unspecified atom stereocenters. The van der Waals surface area contributed by atoms with Crippen molar-refractivity contribution >= 4 is 26.8 Å². The maximum absolute atomic E-state index is 11.3. The van der Waals surface area contributed by atoms with E-state index in [1.165, 1.54) is 0 Å². The third kappa shape index (κ3) is 3.37. The fourth-order valence-electron chi connectivity index (χ4n) is 1.99. The molecule has 2 aliphatic rings. The zero-order chi connectivity index (χ0) is 12.5. The second kappa shape index (κ2) is 4.80. The molecule has 2 fully saturated rings. The number of amidine groups is 1. The van der Waals surface area contributed by atoms with Crippen molar-refractivity contribution in [3.8, 4) is 0 Å². The topological polar surface area (TPSA) is 58.5 Å². The monoisotopic (exact) mass is 276 g/mol. The predicted octanol–water partition coefficient (Wildman–Crippen LogP) is 1.42. The van der Waals surface area contributed by atoms with Gasteiger partial charge in [-0.3, -0.25) is 4.99 Å². The van der Waals surface area contributed by atoms with Gasteiger partial charge in [0.05, 0.1) is 17.5 Å². The van der Waals surface area contributed by atoms with Crippen molar-refractivity contribution < 1.29 is 8.42 Å². The first kappa shape index (κ1) is 13.2. The molecule has 1 atom stereocenters. The number of hydrogen-bond donors (Lipinski definition) is 1. The highest BCUT2D eigenvalue weighted by Gasteiger charge is 2.32. The summed E-state index contributed by atoms with van der Waals surface area (Å²) in [4.78, 5) is 4.65. The van der Waals surface area contributed by atoms with E-state index < -0.39 is 9.84 Å². The largest absolute Gasteiger partial charge is 0.359 e. The Balaban J connectivity index is 1.94. The second-order valence-electron chi connectivity index (χ2n) is 5.15. The van der Waals surface area contributed by atoms with E-state index >= 15 is 0 Å². The van der Waals surface area contributed by atoms with Crippen LogP contribution in [-0.2, 0) is 9.84 Å². The van der Waals surface area contributed by atoms with E-state index in [4.69, 9.17) is 0 Å². The van der Waals surface area contributed by atoms with Crippen molar-refractivity contribution in [3.05, 3.63) is 0 Å². The van der Waals surface area contributed by atoms with Crippen LogP contribution in [0.4, 0.5) is 0 Å². The van der Waals surface area contributed by atoms with E-state index in [9.17, 15) is 8.42 Å². The minimum atomic E-state index is -2.77. The van der Waals surface area contributed by atoms with Gasteiger partial charge in [0.2, 0.25) is 0 Å². The van der Waals surface area contributed by atoms with Crippen LogP contribution in [-0.4, -0.2) is 42.4 Å². The summed E-state index contributed by atoms with van der Waals surface area (Å²) in [5.41, 5.74) is 0.157. The molecule has 2 aliphatic heterocycles. The van der Waals surface area contributed by atoms with Gasteiger partial charge in [-0.2, -0.15) is 0 Å². The molecule has 0 spiro atoms. The van der Waals surface area contributed by atoms with Crippen LogP contribution in [0.15, 0.2) is 4.99 Å². The molecular weight excluding hydrogens is 256 g/mol. The summed E-state index contributed by atoms with van der Waals surface area (Å²) in [5.74, 6) is 1.64. The van der Waals surface area contributed by atoms with E-state index in [1.54, 1.807) is 11.8 Å². The second-order valence-corrected chi connectivity index (χ2v) is 8.41. The highest BCUT2D eigenvalue weighted by atomic mass is 32.2. The average molecular weight is 276 g/mol. The minimum absolute atomic E-state index is 0.157. The molecule has 0 aromatic rings. The lowest BCUT2D eigenvalue weighted by Crippen LogP contribution is -2.40. The molecule has 0 radical (unpaired) electrons. The van der Waals surface area contributed by atoms with E-state index in [2.05, 4.69) is 24.2 Å². The Labute approximate surface area is 108 Å². The van der Waals surface area contributed by atoms with Gasteiger partial charge in [0.15, 0.2) is 5.17 Å². The van der Waals surface area contributed by atoms with Crippen molar-refractivity contribution in [1.82, 2.24) is 5.32 Å². The SMILES string of the molecule is CCC1(C)CSC(=NC2CCS(=O)(=O)CC2)N1. The van der Waals surface area contributed by atoms with Crippen molar-refractivity contribution in [2.75, 3.05) is 17.3 Å². The summed E-state index contributed by atoms with van der Waals surface area (Å²) in [6.07, 6.45) is 2.44. The van der Waals surface area contributed by atoms with Crippen LogP contribution in [0.1, 0.15) is 33.1 Å². The molecule has 0 amide bonds. The lowest BCUT2D eigenvalue weighted by molar-refractivity contribution is 0.464. The molecule has 0 aliphatic carbocycles. The van der Waals surface area contributed by atoms with E-state index in [0.29, 0.717) is 24.3 Å². The van der Waals surface area contributed by atoms with Gasteiger partial charge in [0.1, 0.15) is 9.84 Å². The van der Waals surface area contributed by atoms with Gasteiger partial charge < -0.3 is 5.32 Å². The van der Waals surface area contributed by atoms with Crippen LogP contribution in [0.5, 0.6) is 0 Å². The Kier molecular flexibility index (Phi) is 3.73. The summed E-state index contributed by atoms with van der Waals surface area (Å²) < 4.78 is 22.6. The smallest absolute Gasteiger partial charge is 0.157 e. The fraction of sp³-hybridized carbons (Fsp3) is 0.909. The first-order valence-electron chi connectivity index (χ1n) is 6.12. The third-order valence-electron chi connectivity index (χ3n) is 3.54. The number of hydrogen-bond acceptors (Lipinski definition) is 4. The van der Waals surface area contributed by atoms with Crippen LogP contribution < -0.4 is 5.32 Å². The maximum Gasteiger partial charge on any atom is 0.157 e. The number of thioether (sulfide) groups is 1. The summed E-state index contributed by atoms with van der Waals surface area (Å²) in [5, 5.41) is 4.45. The number of rotatable bonds is 2. The number of nitrogens with zero attached hydrogens (tertiary/aromatic N) is 1. The molecule has 98 valence electrons. The van der Waals surface area contributed by atoms with Gasteiger partial charge in [-0.1, -0.05) is 18.7 Å². The van der Waals surface area contributed by atoms with Crippen molar-refractivity contribution in [3.63, 3.8) is 0 Å². The Morgan fingerprint density at radius 2 is 2.12 bits per heavy atom. The number of nitrogens with one attached hydrogen (secondary N) is 1. The zero-order valence-corrected chi connectivity index (χ0v) is 12.0. The molecule has 2 heterocycles. The Morgan fingerprint density at radius 1 is 1.47 bits per heavy atom. The molecule has 0 aromatic carbocycles. The van der Waals surface area contributed by atoms with E-state index in [0.717, 1.165) is 17.3 Å². The van der Waals surface area contributed by atoms with Gasteiger partial charge in [-0.05, 0) is 26.2 Å². The Morgan fingerprint density at radius 3 is 2.65 bits per heavy atom. The van der Waals surface area contributed by atoms with Crippen molar-refractivity contribution in [1.29, 1.82) is 0 Å². The summed E-state index contributed by atoms with van der Waals surface area (Å²) in [7, 11) is -2.77. The number of sulfone groups is 1. The Bertz CT molecular complexity index is 405.